The molecule has 6 rings (SSSR count). The van der Waals surface area contributed by atoms with Gasteiger partial charge in [0.1, 0.15) is 11.2 Å². The van der Waals surface area contributed by atoms with E-state index < -0.39 is 65.1 Å². The average Bonchev–Trinajstić information content (AvgIpc) is 3.46. The van der Waals surface area contributed by atoms with Crippen molar-refractivity contribution in [2.75, 3.05) is 10.6 Å². The summed E-state index contributed by atoms with van der Waals surface area (Å²) in [5.41, 5.74) is 12.3. The first-order valence-corrected chi connectivity index (χ1v) is 24.3. The first kappa shape index (κ1) is 55.6. The zero-order valence-electron chi connectivity index (χ0n) is 42.4. The summed E-state index contributed by atoms with van der Waals surface area (Å²) >= 11 is 0. The van der Waals surface area contributed by atoms with Crippen LogP contribution in [0.25, 0.3) is 0 Å². The molecule has 376 valence electrons. The number of carbonyl (C=O) groups excluding carboxylic acids is 5. The number of aryl methyl sites for hydroxylation is 2. The van der Waals surface area contributed by atoms with Crippen molar-refractivity contribution in [3.63, 3.8) is 0 Å². The summed E-state index contributed by atoms with van der Waals surface area (Å²) in [6.07, 6.45) is 8.59. The number of nitrogens with zero attached hydrogens (tertiary/aromatic N) is 2. The van der Waals surface area contributed by atoms with Crippen molar-refractivity contribution in [3.05, 3.63) is 84.0 Å². The average molecular weight is 953 g/mol. The second-order valence-corrected chi connectivity index (χ2v) is 21.0. The highest BCUT2D eigenvalue weighted by Crippen LogP contribution is 2.33. The smallest absolute Gasteiger partial charge is 0.310 e. The van der Waals surface area contributed by atoms with E-state index in [4.69, 9.17) is 15.2 Å². The predicted molar refractivity (Wildman–Crippen MR) is 271 cm³/mol. The molecule has 0 radical (unpaired) electrons. The lowest BCUT2D eigenvalue weighted by atomic mass is 9.82. The van der Waals surface area contributed by atoms with Crippen LogP contribution in [0.15, 0.2) is 71.7 Å². The van der Waals surface area contributed by atoms with Crippen molar-refractivity contribution >= 4 is 58.4 Å². The lowest BCUT2D eigenvalue weighted by Gasteiger charge is -2.29. The number of hydrogen-bond donors (Lipinski definition) is 5. The quantitative estimate of drug-likeness (QED) is 0.0842. The Morgan fingerprint density at radius 3 is 1.58 bits per heavy atom. The number of carboxylic acids is 1. The molecule has 0 saturated carbocycles. The molecule has 0 saturated heterocycles. The van der Waals surface area contributed by atoms with Crippen LogP contribution in [0.3, 0.4) is 0 Å². The Morgan fingerprint density at radius 2 is 1.14 bits per heavy atom. The normalized spacial score (nSPS) is 18.9. The molecule has 3 amide bonds. The highest BCUT2D eigenvalue weighted by molar-refractivity contribution is 6.14. The second-order valence-electron chi connectivity index (χ2n) is 21.0. The van der Waals surface area contributed by atoms with Crippen LogP contribution in [-0.2, 0) is 51.1 Å². The van der Waals surface area contributed by atoms with Crippen LogP contribution in [0.5, 0.6) is 0 Å². The molecule has 2 aliphatic heterocycles. The fraction of sp³-hybridized carbons (Fsp3) is 0.556. The van der Waals surface area contributed by atoms with E-state index in [0.717, 1.165) is 78.0 Å². The highest BCUT2D eigenvalue weighted by Gasteiger charge is 2.39. The Kier molecular flexibility index (Phi) is 19.8. The van der Waals surface area contributed by atoms with Gasteiger partial charge in [0.2, 0.25) is 12.1 Å². The lowest BCUT2D eigenvalue weighted by molar-refractivity contribution is -0.167. The van der Waals surface area contributed by atoms with E-state index in [1.165, 1.54) is 5.56 Å². The minimum absolute atomic E-state index is 0.157. The van der Waals surface area contributed by atoms with Gasteiger partial charge in [-0.3, -0.25) is 38.8 Å². The predicted octanol–water partition coefficient (Wildman–Crippen LogP) is 8.72. The first-order chi connectivity index (χ1) is 32.3. The van der Waals surface area contributed by atoms with Crippen LogP contribution in [0.4, 0.5) is 11.4 Å². The van der Waals surface area contributed by atoms with Gasteiger partial charge in [-0.25, -0.2) is 0 Å². The molecule has 2 aromatic carbocycles. The van der Waals surface area contributed by atoms with E-state index in [0.29, 0.717) is 25.7 Å². The van der Waals surface area contributed by atoms with Crippen molar-refractivity contribution in [2.24, 2.45) is 51.2 Å². The molecule has 0 aromatic heterocycles. The molecule has 69 heavy (non-hydrogen) atoms. The summed E-state index contributed by atoms with van der Waals surface area (Å²) < 4.78 is 10.9. The number of rotatable bonds is 15. The van der Waals surface area contributed by atoms with Crippen molar-refractivity contribution in [1.29, 1.82) is 0 Å². The zero-order valence-corrected chi connectivity index (χ0v) is 42.4. The molecule has 2 aromatic rings. The van der Waals surface area contributed by atoms with E-state index in [1.807, 2.05) is 52.0 Å². The first-order valence-electron chi connectivity index (χ1n) is 24.3. The van der Waals surface area contributed by atoms with Crippen LogP contribution >= 0.6 is 0 Å². The number of aliphatic carboxylic acids is 1. The Bertz CT molecular complexity index is 2280. The van der Waals surface area contributed by atoms with Gasteiger partial charge in [0.25, 0.3) is 11.8 Å². The molecule has 0 bridgehead atoms. The van der Waals surface area contributed by atoms with Gasteiger partial charge in [0.05, 0.1) is 35.0 Å². The maximum atomic E-state index is 13.5. The zero-order chi connectivity index (χ0) is 51.4. The van der Waals surface area contributed by atoms with Crippen LogP contribution in [-0.4, -0.2) is 75.7 Å². The summed E-state index contributed by atoms with van der Waals surface area (Å²) in [5, 5.41) is 17.9. The third-order valence-electron chi connectivity index (χ3n) is 11.8. The number of amides is 3. The van der Waals surface area contributed by atoms with Gasteiger partial charge < -0.3 is 36.3 Å². The molecule has 6 N–H and O–H groups in total. The van der Waals surface area contributed by atoms with Gasteiger partial charge in [-0.2, -0.15) is 0 Å². The fourth-order valence-corrected chi connectivity index (χ4v) is 8.97. The third kappa shape index (κ3) is 16.1. The molecular formula is C54H76N6O9. The Labute approximate surface area is 408 Å². The number of anilines is 2. The Morgan fingerprint density at radius 1 is 0.710 bits per heavy atom. The number of ether oxygens (including phenoxy) is 2. The van der Waals surface area contributed by atoms with Crippen molar-refractivity contribution in [3.8, 4) is 0 Å². The molecule has 4 aliphatic rings. The highest BCUT2D eigenvalue weighted by atomic mass is 16.6. The van der Waals surface area contributed by atoms with Gasteiger partial charge >= 0.3 is 17.9 Å². The number of hydrogen-bond acceptors (Lipinski definition) is 11. The van der Waals surface area contributed by atoms with E-state index in [-0.39, 0.29) is 29.6 Å². The maximum Gasteiger partial charge on any atom is 0.310 e. The standard InChI is InChI=1S/C27H37N3O4.C15H26O4.C12H13N3O/c1-7-10-18(26(33)34-27(4,5)6)19(15-16(2)3)24(31)30-23-25(32)29-21-14-9-12-17-11-8-13-20(28-23)22(17)21;1-7-8-11(14(18)19-15(4,5)6)12(13(16)17)9-10(2)3;13-11-12(16)15-9-6-2-4-7-3-1-5-8(14-11)10(7)9/h7,9,12,14,16,18-19,23H,1,8,10-11,13,15H2,2-6H3,(H,29,32)(H,30,31);7,10-12H,1,8-9H2,2-6H3,(H,16,17);2,4,6,11H,1,3,5,13H2,(H,15,16)/t18-,19+,23?;11-,12+;/m00./s1. The lowest BCUT2D eigenvalue weighted by Crippen LogP contribution is -2.48. The number of nitrogens with two attached hydrogens (primary N) is 1. The molecular weight excluding hydrogens is 877 g/mol. The number of esters is 2. The van der Waals surface area contributed by atoms with Gasteiger partial charge in [0.15, 0.2) is 6.17 Å². The molecule has 6 atom stereocenters. The second kappa shape index (κ2) is 24.5. The van der Waals surface area contributed by atoms with E-state index in [2.05, 4.69) is 51.2 Å². The fourth-order valence-electron chi connectivity index (χ4n) is 8.97. The van der Waals surface area contributed by atoms with Crippen LogP contribution < -0.4 is 21.7 Å². The van der Waals surface area contributed by atoms with Crippen LogP contribution in [0.1, 0.15) is 143 Å². The summed E-state index contributed by atoms with van der Waals surface area (Å²) in [5.74, 6) is -5.24. The summed E-state index contributed by atoms with van der Waals surface area (Å²) in [6, 6.07) is 11.8. The molecule has 0 spiro atoms. The molecule has 2 unspecified atom stereocenters. The van der Waals surface area contributed by atoms with E-state index in [1.54, 1.807) is 53.7 Å². The Hall–Kier alpha value is -5.96. The van der Waals surface area contributed by atoms with Gasteiger partial charge in [-0.05, 0) is 141 Å². The number of aliphatic imine (C=N–C) groups is 2. The minimum Gasteiger partial charge on any atom is -0.481 e. The minimum atomic E-state index is -1.06. The van der Waals surface area contributed by atoms with E-state index >= 15 is 0 Å². The van der Waals surface area contributed by atoms with Crippen LogP contribution in [0, 0.1) is 35.5 Å². The number of allylic oxidation sites excluding steroid dienone is 2. The van der Waals surface area contributed by atoms with Gasteiger partial charge in [-0.15, -0.1) is 13.2 Å². The van der Waals surface area contributed by atoms with Crippen molar-refractivity contribution in [2.45, 2.75) is 157 Å². The number of carbonyl (C=O) groups is 6. The topological polar surface area (TPSA) is 228 Å². The summed E-state index contributed by atoms with van der Waals surface area (Å²) in [6.45, 7) is 26.0. The summed E-state index contributed by atoms with van der Waals surface area (Å²) in [4.78, 5) is 83.7. The molecule has 15 nitrogen and oxygen atoms in total. The monoisotopic (exact) mass is 953 g/mol. The van der Waals surface area contributed by atoms with Crippen LogP contribution in [0.2, 0.25) is 0 Å². The molecule has 2 heterocycles. The number of nitrogens with one attached hydrogen (secondary N) is 3. The number of benzene rings is 2. The van der Waals surface area contributed by atoms with E-state index in [9.17, 15) is 33.9 Å². The third-order valence-corrected chi connectivity index (χ3v) is 11.8. The molecule has 2 aliphatic carbocycles. The largest absolute Gasteiger partial charge is 0.481 e. The number of carboxylic acid groups (broad SMARTS) is 1. The van der Waals surface area contributed by atoms with Gasteiger partial charge in [0, 0.05) is 22.6 Å². The molecule has 15 heteroatoms. The van der Waals surface area contributed by atoms with Crippen molar-refractivity contribution in [1.82, 2.24) is 5.32 Å². The summed E-state index contributed by atoms with van der Waals surface area (Å²) in [7, 11) is 0. The van der Waals surface area contributed by atoms with Gasteiger partial charge in [-0.1, -0.05) is 64.1 Å². The Balaban J connectivity index is 0.000000249. The van der Waals surface area contributed by atoms with Crippen molar-refractivity contribution < 1.29 is 43.3 Å². The molecule has 0 fully saturated rings. The SMILES string of the molecule is C=CC[C@H](C(=O)OC(C)(C)C)[C@@H](CC(C)C)C(=O)NC1N=C2CCCc3cccc(c32)NC1=O.C=CC[C@H](C(=O)OC(C)(C)C)[C@@H](CC(C)C)C(=O)O.NC1N=C2CCCc3cccc(c32)NC1=O. The maximum absolute atomic E-state index is 13.5.